The molecule has 0 radical (unpaired) electrons. The Labute approximate surface area is 148 Å². The van der Waals surface area contributed by atoms with Gasteiger partial charge in [-0.3, -0.25) is 4.79 Å². The van der Waals surface area contributed by atoms with Gasteiger partial charge in [0, 0.05) is 27.8 Å². The molecule has 2 aromatic heterocycles. The first-order chi connectivity index (χ1) is 12.5. The van der Waals surface area contributed by atoms with Crippen LogP contribution in [0.15, 0.2) is 49.1 Å². The largest absolute Gasteiger partial charge is 0.358 e. The molecule has 2 N–H and O–H groups in total. The van der Waals surface area contributed by atoms with Gasteiger partial charge in [-0.05, 0) is 55.8 Å². The summed E-state index contributed by atoms with van der Waals surface area (Å²) in [4.78, 5) is 19.6. The monoisotopic (exact) mass is 349 g/mol. The van der Waals surface area contributed by atoms with Crippen molar-refractivity contribution in [3.63, 3.8) is 0 Å². The van der Waals surface area contributed by atoms with Gasteiger partial charge in [0.15, 0.2) is 5.82 Å². The highest BCUT2D eigenvalue weighted by Crippen LogP contribution is 2.23. The van der Waals surface area contributed by atoms with E-state index in [2.05, 4.69) is 20.4 Å². The number of nitrogens with zero attached hydrogens (tertiary/aromatic N) is 3. The number of aromatic nitrogens is 4. The summed E-state index contributed by atoms with van der Waals surface area (Å²) in [7, 11) is 0. The molecule has 2 heterocycles. The van der Waals surface area contributed by atoms with Gasteiger partial charge >= 0.3 is 0 Å². The van der Waals surface area contributed by atoms with Crippen LogP contribution in [0.2, 0.25) is 0 Å². The number of halogens is 1. The number of aryl methyl sites for hydroxylation is 2. The fourth-order valence-corrected chi connectivity index (χ4v) is 2.91. The van der Waals surface area contributed by atoms with Gasteiger partial charge in [0.05, 0.1) is 0 Å². The number of carbonyl (C=O) groups excluding carboxylic acids is 1. The van der Waals surface area contributed by atoms with E-state index in [1.165, 1.54) is 23.4 Å². The number of hydrogen-bond donors (Lipinski definition) is 2. The lowest BCUT2D eigenvalue weighted by Crippen LogP contribution is -2.12. The summed E-state index contributed by atoms with van der Waals surface area (Å²) in [5.41, 5.74) is 4.32. The highest BCUT2D eigenvalue weighted by molar-refractivity contribution is 6.06. The van der Waals surface area contributed by atoms with Gasteiger partial charge in [0.2, 0.25) is 0 Å². The highest BCUT2D eigenvalue weighted by atomic mass is 19.1. The third kappa shape index (κ3) is 2.73. The zero-order chi connectivity index (χ0) is 18.3. The van der Waals surface area contributed by atoms with Gasteiger partial charge in [-0.2, -0.15) is 5.10 Å². The van der Waals surface area contributed by atoms with Gasteiger partial charge in [-0.25, -0.2) is 14.1 Å². The first kappa shape index (κ1) is 16.0. The van der Waals surface area contributed by atoms with Crippen molar-refractivity contribution in [2.75, 3.05) is 5.32 Å². The lowest BCUT2D eigenvalue weighted by atomic mass is 10.1. The van der Waals surface area contributed by atoms with E-state index in [1.54, 1.807) is 18.2 Å². The molecular weight excluding hydrogens is 333 g/mol. The second-order valence-electron chi connectivity index (χ2n) is 6.10. The quantitative estimate of drug-likeness (QED) is 0.591. The van der Waals surface area contributed by atoms with Crippen molar-refractivity contribution in [3.8, 4) is 5.69 Å². The van der Waals surface area contributed by atoms with Gasteiger partial charge in [0.25, 0.3) is 5.91 Å². The normalized spacial score (nSPS) is 11.0. The molecular formula is C19H16FN5O. The molecule has 7 heteroatoms. The second kappa shape index (κ2) is 6.11. The summed E-state index contributed by atoms with van der Waals surface area (Å²) in [6.45, 7) is 4.00. The van der Waals surface area contributed by atoms with Crippen LogP contribution >= 0.6 is 0 Å². The third-order valence-corrected chi connectivity index (χ3v) is 4.44. The summed E-state index contributed by atoms with van der Waals surface area (Å²) < 4.78 is 15.6. The molecule has 6 nitrogen and oxygen atoms in total. The fourth-order valence-electron chi connectivity index (χ4n) is 2.91. The van der Waals surface area contributed by atoms with Crippen molar-refractivity contribution in [1.82, 2.24) is 19.7 Å². The van der Waals surface area contributed by atoms with E-state index in [9.17, 15) is 9.18 Å². The van der Waals surface area contributed by atoms with Gasteiger partial charge in [-0.15, -0.1) is 0 Å². The SMILES string of the molecule is Cc1[nH]c2ccc(C(=O)Nc3ccc(-n4cncn4)c(F)c3)cc2c1C. The molecule has 4 rings (SSSR count). The number of H-pyrrole nitrogens is 1. The van der Waals surface area contributed by atoms with E-state index >= 15 is 0 Å². The average Bonchev–Trinajstić information content (AvgIpc) is 3.24. The molecule has 1 amide bonds. The topological polar surface area (TPSA) is 75.6 Å². The summed E-state index contributed by atoms with van der Waals surface area (Å²) in [5, 5.41) is 7.63. The minimum absolute atomic E-state index is 0.264. The Morgan fingerprint density at radius 1 is 1.19 bits per heavy atom. The summed E-state index contributed by atoms with van der Waals surface area (Å²) in [6.07, 6.45) is 2.74. The molecule has 0 spiro atoms. The van der Waals surface area contributed by atoms with Crippen molar-refractivity contribution in [1.29, 1.82) is 0 Å². The summed E-state index contributed by atoms with van der Waals surface area (Å²) >= 11 is 0. The van der Waals surface area contributed by atoms with E-state index in [0.29, 0.717) is 11.3 Å². The molecule has 0 aliphatic rings. The number of anilines is 1. The average molecular weight is 349 g/mol. The summed E-state index contributed by atoms with van der Waals surface area (Å²) in [5.74, 6) is -0.793. The number of carbonyl (C=O) groups is 1. The first-order valence-electron chi connectivity index (χ1n) is 8.08. The van der Waals surface area contributed by atoms with Crippen LogP contribution in [0.25, 0.3) is 16.6 Å². The van der Waals surface area contributed by atoms with Gasteiger partial charge < -0.3 is 10.3 Å². The fraction of sp³-hybridized carbons (Fsp3) is 0.105. The number of nitrogens with one attached hydrogen (secondary N) is 2. The molecule has 130 valence electrons. The van der Waals surface area contributed by atoms with Crippen LogP contribution in [-0.2, 0) is 0 Å². The Hall–Kier alpha value is -3.48. The molecule has 4 aromatic rings. The van der Waals surface area contributed by atoms with E-state index in [1.807, 2.05) is 26.0 Å². The standard InChI is InChI=1S/C19H16FN5O/c1-11-12(2)23-17-5-3-13(7-15(11)17)19(26)24-14-4-6-18(16(20)8-14)25-10-21-9-22-25/h3-10,23H,1-2H3,(H,24,26). The maximum Gasteiger partial charge on any atom is 0.255 e. The van der Waals surface area contributed by atoms with Crippen LogP contribution in [0.3, 0.4) is 0 Å². The number of rotatable bonds is 3. The molecule has 0 saturated heterocycles. The second-order valence-corrected chi connectivity index (χ2v) is 6.10. The maximum atomic E-state index is 14.3. The van der Waals surface area contributed by atoms with Crippen molar-refractivity contribution in [2.45, 2.75) is 13.8 Å². The Kier molecular flexibility index (Phi) is 3.76. The minimum atomic E-state index is -0.499. The Morgan fingerprint density at radius 2 is 2.04 bits per heavy atom. The number of fused-ring (bicyclic) bond motifs is 1. The van der Waals surface area contributed by atoms with Crippen LogP contribution < -0.4 is 5.32 Å². The van der Waals surface area contributed by atoms with E-state index < -0.39 is 5.82 Å². The highest BCUT2D eigenvalue weighted by Gasteiger charge is 2.12. The number of benzene rings is 2. The third-order valence-electron chi connectivity index (χ3n) is 4.44. The Bertz CT molecular complexity index is 1110. The maximum absolute atomic E-state index is 14.3. The zero-order valence-electron chi connectivity index (χ0n) is 14.2. The van der Waals surface area contributed by atoms with E-state index in [0.717, 1.165) is 22.2 Å². The zero-order valence-corrected chi connectivity index (χ0v) is 14.2. The van der Waals surface area contributed by atoms with Gasteiger partial charge in [-0.1, -0.05) is 0 Å². The molecule has 0 unspecified atom stereocenters. The summed E-state index contributed by atoms with van der Waals surface area (Å²) in [6, 6.07) is 9.89. The molecule has 0 fully saturated rings. The van der Waals surface area contributed by atoms with Crippen molar-refractivity contribution in [2.24, 2.45) is 0 Å². The number of aromatic amines is 1. The molecule has 26 heavy (non-hydrogen) atoms. The van der Waals surface area contributed by atoms with E-state index in [-0.39, 0.29) is 11.6 Å². The van der Waals surface area contributed by atoms with E-state index in [4.69, 9.17) is 0 Å². The Morgan fingerprint density at radius 3 is 2.77 bits per heavy atom. The molecule has 0 saturated carbocycles. The molecule has 0 bridgehead atoms. The number of hydrogen-bond acceptors (Lipinski definition) is 3. The van der Waals surface area contributed by atoms with Crippen molar-refractivity contribution in [3.05, 3.63) is 71.7 Å². The van der Waals surface area contributed by atoms with Crippen LogP contribution in [0.1, 0.15) is 21.6 Å². The predicted octanol–water partition coefficient (Wildman–Crippen LogP) is 3.76. The molecule has 0 aliphatic heterocycles. The predicted molar refractivity (Wildman–Crippen MR) is 97.0 cm³/mol. The Balaban J connectivity index is 1.60. The van der Waals surface area contributed by atoms with Crippen molar-refractivity contribution >= 4 is 22.5 Å². The van der Waals surface area contributed by atoms with Crippen LogP contribution in [-0.4, -0.2) is 25.7 Å². The molecule has 2 aromatic carbocycles. The van der Waals surface area contributed by atoms with Gasteiger partial charge in [0.1, 0.15) is 18.3 Å². The lowest BCUT2D eigenvalue weighted by Gasteiger charge is -2.08. The minimum Gasteiger partial charge on any atom is -0.358 e. The smallest absolute Gasteiger partial charge is 0.255 e. The van der Waals surface area contributed by atoms with Crippen LogP contribution in [0, 0.1) is 19.7 Å². The number of amides is 1. The first-order valence-corrected chi connectivity index (χ1v) is 8.08. The lowest BCUT2D eigenvalue weighted by molar-refractivity contribution is 0.102. The molecule has 0 atom stereocenters. The van der Waals surface area contributed by atoms with Crippen molar-refractivity contribution < 1.29 is 9.18 Å². The molecule has 0 aliphatic carbocycles. The van der Waals surface area contributed by atoms with Crippen LogP contribution in [0.5, 0.6) is 0 Å². The van der Waals surface area contributed by atoms with Crippen LogP contribution in [0.4, 0.5) is 10.1 Å².